The molecule has 2 N–H and O–H groups in total. The van der Waals surface area contributed by atoms with Gasteiger partial charge in [0.15, 0.2) is 0 Å². The number of hydrogen-bond acceptors (Lipinski definition) is 7. The van der Waals surface area contributed by atoms with Crippen LogP contribution in [0.1, 0.15) is 0 Å². The van der Waals surface area contributed by atoms with Gasteiger partial charge in [0.2, 0.25) is 0 Å². The largest absolute Gasteiger partial charge is 0.466 e. The zero-order valence-corrected chi connectivity index (χ0v) is 12.2. The highest BCUT2D eigenvalue weighted by Crippen LogP contribution is 2.32. The molecule has 0 saturated heterocycles. The molecular formula is C11H21NO6S. The van der Waals surface area contributed by atoms with Crippen molar-refractivity contribution in [3.8, 4) is 0 Å². The average molecular weight is 295 g/mol. The van der Waals surface area contributed by atoms with Crippen LogP contribution in [0.3, 0.4) is 0 Å². The van der Waals surface area contributed by atoms with Crippen molar-refractivity contribution >= 4 is 22.5 Å². The summed E-state index contributed by atoms with van der Waals surface area (Å²) in [7, 11) is 0.501. The van der Waals surface area contributed by atoms with Crippen molar-refractivity contribution < 1.29 is 28.2 Å². The molecule has 0 heterocycles. The maximum Gasteiger partial charge on any atom is 0.331 e. The van der Waals surface area contributed by atoms with Crippen molar-refractivity contribution in [2.24, 2.45) is 0 Å². The van der Waals surface area contributed by atoms with Crippen LogP contribution in [0.15, 0.2) is 12.2 Å². The third kappa shape index (κ3) is 11.7. The molecule has 0 aromatic rings. The normalized spacial score (nSPS) is 12.7. The Hall–Kier alpha value is -1.09. The highest BCUT2D eigenvalue weighted by atomic mass is 32.3. The minimum absolute atomic E-state index is 0.156. The van der Waals surface area contributed by atoms with Crippen LogP contribution in [0.2, 0.25) is 0 Å². The third-order valence-electron chi connectivity index (χ3n) is 2.13. The van der Waals surface area contributed by atoms with Gasteiger partial charge in [-0.25, -0.2) is 9.59 Å². The van der Waals surface area contributed by atoms with Gasteiger partial charge in [-0.3, -0.25) is 9.11 Å². The van der Waals surface area contributed by atoms with Gasteiger partial charge in [0, 0.05) is 37.3 Å². The minimum Gasteiger partial charge on any atom is -0.466 e. The van der Waals surface area contributed by atoms with E-state index in [2.05, 4.69) is 4.74 Å². The van der Waals surface area contributed by atoms with E-state index in [9.17, 15) is 18.7 Å². The maximum absolute atomic E-state index is 11.2. The molecule has 19 heavy (non-hydrogen) atoms. The molecule has 0 aliphatic rings. The van der Waals surface area contributed by atoms with Crippen LogP contribution < -0.4 is 0 Å². The van der Waals surface area contributed by atoms with Gasteiger partial charge >= 0.3 is 11.9 Å². The highest BCUT2D eigenvalue weighted by Gasteiger charge is 2.07. The number of ether oxygens (including phenoxy) is 2. The first-order valence-electron chi connectivity index (χ1n) is 5.57. The van der Waals surface area contributed by atoms with E-state index in [0.717, 1.165) is 12.2 Å². The Morgan fingerprint density at radius 1 is 1.21 bits per heavy atom. The van der Waals surface area contributed by atoms with E-state index in [1.807, 2.05) is 4.90 Å². The average Bonchev–Trinajstić information content (AvgIpc) is 2.32. The van der Waals surface area contributed by atoms with Gasteiger partial charge in [-0.2, -0.15) is 10.6 Å². The number of nitrogens with zero attached hydrogens (tertiary/aromatic N) is 1. The first-order chi connectivity index (χ1) is 8.74. The fourth-order valence-corrected chi connectivity index (χ4v) is 1.65. The molecule has 7 nitrogen and oxygen atoms in total. The standard InChI is InChI=1S/C11H21NO6S/c1-12(7-9-19(3,15)16)6-8-18-11(14)5-4-10(13)17-2/h4-5,15-16H,6-9H2,1-3H3/b5-4+. The molecule has 0 atom stereocenters. The second-order valence-corrected chi connectivity index (χ2v) is 6.42. The zero-order chi connectivity index (χ0) is 14.9. The van der Waals surface area contributed by atoms with Crippen molar-refractivity contribution in [3.05, 3.63) is 12.2 Å². The highest BCUT2D eigenvalue weighted by molar-refractivity contribution is 8.23. The summed E-state index contributed by atoms with van der Waals surface area (Å²) in [4.78, 5) is 23.7. The summed E-state index contributed by atoms with van der Waals surface area (Å²) in [6.07, 6.45) is 3.37. The van der Waals surface area contributed by atoms with Gasteiger partial charge in [-0.15, -0.1) is 0 Å². The molecule has 0 radical (unpaired) electrons. The molecule has 112 valence electrons. The van der Waals surface area contributed by atoms with Crippen LogP contribution in [-0.2, 0) is 19.1 Å². The smallest absolute Gasteiger partial charge is 0.331 e. The van der Waals surface area contributed by atoms with E-state index < -0.39 is 22.5 Å². The second-order valence-electron chi connectivity index (χ2n) is 4.03. The Labute approximate surface area is 114 Å². The van der Waals surface area contributed by atoms with Crippen molar-refractivity contribution in [1.29, 1.82) is 0 Å². The maximum atomic E-state index is 11.2. The number of esters is 2. The number of carbonyl (C=O) groups is 2. The predicted octanol–water partition coefficient (Wildman–Crippen LogP) is 0.571. The van der Waals surface area contributed by atoms with Gasteiger partial charge in [0.25, 0.3) is 0 Å². The van der Waals surface area contributed by atoms with Crippen LogP contribution in [0, 0.1) is 0 Å². The molecule has 0 saturated carbocycles. The lowest BCUT2D eigenvalue weighted by Crippen LogP contribution is -2.28. The van der Waals surface area contributed by atoms with Crippen LogP contribution in [0.4, 0.5) is 0 Å². The summed E-state index contributed by atoms with van der Waals surface area (Å²) in [6, 6.07) is 0. The molecule has 8 heteroatoms. The Balaban J connectivity index is 3.76. The van der Waals surface area contributed by atoms with Crippen molar-refractivity contribution in [2.75, 3.05) is 45.9 Å². The molecule has 0 unspecified atom stereocenters. The minimum atomic E-state index is -2.49. The Morgan fingerprint density at radius 2 is 1.79 bits per heavy atom. The fraction of sp³-hybridized carbons (Fsp3) is 0.636. The molecule has 0 aromatic carbocycles. The van der Waals surface area contributed by atoms with Crippen LogP contribution in [-0.4, -0.2) is 71.8 Å². The summed E-state index contributed by atoms with van der Waals surface area (Å²) < 4.78 is 27.6. The molecular weight excluding hydrogens is 274 g/mol. The van der Waals surface area contributed by atoms with Gasteiger partial charge in [0.05, 0.1) is 7.11 Å². The topological polar surface area (TPSA) is 96.3 Å². The van der Waals surface area contributed by atoms with Crippen molar-refractivity contribution in [1.82, 2.24) is 4.90 Å². The molecule has 0 bridgehead atoms. The summed E-state index contributed by atoms with van der Waals surface area (Å²) in [5, 5.41) is 0. The zero-order valence-electron chi connectivity index (χ0n) is 11.4. The van der Waals surface area contributed by atoms with E-state index in [0.29, 0.717) is 13.1 Å². The number of hydrogen-bond donors (Lipinski definition) is 2. The quantitative estimate of drug-likeness (QED) is 0.499. The molecule has 0 aliphatic carbocycles. The van der Waals surface area contributed by atoms with E-state index in [1.165, 1.54) is 13.4 Å². The van der Waals surface area contributed by atoms with Gasteiger partial charge in [-0.05, 0) is 7.05 Å². The van der Waals surface area contributed by atoms with Crippen LogP contribution in [0.25, 0.3) is 0 Å². The lowest BCUT2D eigenvalue weighted by Gasteiger charge is -2.29. The lowest BCUT2D eigenvalue weighted by atomic mass is 10.5. The molecule has 0 amide bonds. The molecule has 0 spiro atoms. The third-order valence-corrected chi connectivity index (χ3v) is 3.09. The van der Waals surface area contributed by atoms with E-state index in [1.54, 1.807) is 7.05 Å². The molecule has 0 aromatic heterocycles. The van der Waals surface area contributed by atoms with E-state index >= 15 is 0 Å². The molecule has 0 rings (SSSR count). The van der Waals surface area contributed by atoms with Crippen molar-refractivity contribution in [3.63, 3.8) is 0 Å². The first kappa shape index (κ1) is 17.9. The van der Waals surface area contributed by atoms with Gasteiger partial charge < -0.3 is 14.4 Å². The van der Waals surface area contributed by atoms with Crippen LogP contribution in [0.5, 0.6) is 0 Å². The summed E-state index contributed by atoms with van der Waals surface area (Å²) in [6.45, 7) is 1.12. The Kier molecular flexibility index (Phi) is 8.41. The van der Waals surface area contributed by atoms with Gasteiger partial charge in [-0.1, -0.05) is 0 Å². The second kappa shape index (κ2) is 8.92. The number of rotatable bonds is 8. The Bertz CT molecular complexity index is 326. The summed E-state index contributed by atoms with van der Waals surface area (Å²) in [5.74, 6) is -0.972. The van der Waals surface area contributed by atoms with E-state index in [4.69, 9.17) is 4.74 Å². The number of methoxy groups -OCH3 is 1. The van der Waals surface area contributed by atoms with Crippen molar-refractivity contribution in [2.45, 2.75) is 0 Å². The predicted molar refractivity (Wildman–Crippen MR) is 73.3 cm³/mol. The molecule has 0 aliphatic heterocycles. The monoisotopic (exact) mass is 295 g/mol. The van der Waals surface area contributed by atoms with Crippen LogP contribution >= 0.6 is 10.6 Å². The summed E-state index contributed by atoms with van der Waals surface area (Å²) in [5.41, 5.74) is 0. The van der Waals surface area contributed by atoms with E-state index in [-0.39, 0.29) is 12.4 Å². The fourth-order valence-electron chi connectivity index (χ4n) is 0.995. The van der Waals surface area contributed by atoms with Gasteiger partial charge in [0.1, 0.15) is 6.61 Å². The lowest BCUT2D eigenvalue weighted by molar-refractivity contribution is -0.139. The Morgan fingerprint density at radius 3 is 2.32 bits per heavy atom. The molecule has 0 fully saturated rings. The first-order valence-corrected chi connectivity index (χ1v) is 7.69. The number of carbonyl (C=O) groups excluding carboxylic acids is 2. The summed E-state index contributed by atoms with van der Waals surface area (Å²) >= 11 is 0. The SMILES string of the molecule is COC(=O)/C=C/C(=O)OCCN(C)CCS(C)(O)O. The number of likely N-dealkylation sites (N-methyl/N-ethyl adjacent to an activating group) is 1.